The smallest absolute Gasteiger partial charge is 0.438 e. The van der Waals surface area contributed by atoms with Gasteiger partial charge in [0.05, 0.1) is 19.3 Å². The van der Waals surface area contributed by atoms with Crippen molar-refractivity contribution in [3.05, 3.63) is 43.0 Å². The van der Waals surface area contributed by atoms with Crippen LogP contribution in [0, 0.1) is 6.92 Å². The molecule has 0 aromatic carbocycles. The van der Waals surface area contributed by atoms with Gasteiger partial charge >= 0.3 is 19.0 Å². The summed E-state index contributed by atoms with van der Waals surface area (Å²) in [5, 5.41) is 3.61. The van der Waals surface area contributed by atoms with Crippen LogP contribution >= 0.6 is 7.60 Å². The van der Waals surface area contributed by atoms with E-state index >= 15 is 0 Å². The highest BCUT2D eigenvalue weighted by Gasteiger charge is 2.40. The first kappa shape index (κ1) is 22.9. The highest BCUT2D eigenvalue weighted by atomic mass is 31.2. The number of hydrogen-bond donors (Lipinski definition) is 1. The first-order valence-corrected chi connectivity index (χ1v) is 10.4. The Bertz CT molecular complexity index is 943. The average Bonchev–Trinajstić information content (AvgIpc) is 3.06. The minimum absolute atomic E-state index is 0.0236. The van der Waals surface area contributed by atoms with Crippen LogP contribution in [0.25, 0.3) is 10.4 Å². The minimum Gasteiger partial charge on any atom is -0.454 e. The van der Waals surface area contributed by atoms with Crippen molar-refractivity contribution in [1.82, 2.24) is 9.55 Å². The zero-order valence-corrected chi connectivity index (χ0v) is 17.0. The molecule has 2 heterocycles. The topological polar surface area (TPSA) is 175 Å². The zero-order chi connectivity index (χ0) is 21.6. The van der Waals surface area contributed by atoms with Crippen molar-refractivity contribution in [1.29, 1.82) is 0 Å². The number of hydrogen-bond acceptors (Lipinski definition) is 9. The van der Waals surface area contributed by atoms with Crippen molar-refractivity contribution in [2.45, 2.75) is 45.6 Å². The fourth-order valence-corrected chi connectivity index (χ4v) is 3.94. The quantitative estimate of drug-likeness (QED) is 0.268. The molecular weight excluding hydrogens is 409 g/mol. The molecule has 13 nitrogen and oxygen atoms in total. The van der Waals surface area contributed by atoms with Crippen molar-refractivity contribution in [3.63, 3.8) is 0 Å². The van der Waals surface area contributed by atoms with E-state index in [-0.39, 0.29) is 25.2 Å². The summed E-state index contributed by atoms with van der Waals surface area (Å²) in [6, 6.07) is -0.768. The monoisotopic (exact) mass is 431 g/mol. The third-order valence-corrected chi connectivity index (χ3v) is 5.83. The SMILES string of the molecule is CCOP(=O)(OCC)C(=O)OCC1OC(n2cc(C)c(=O)[nH]c2=O)CC1N=[N+]=[N-]. The molecule has 1 saturated heterocycles. The van der Waals surface area contributed by atoms with Crippen LogP contribution in [0.4, 0.5) is 4.79 Å². The van der Waals surface area contributed by atoms with Crippen LogP contribution in [-0.4, -0.2) is 47.2 Å². The third-order valence-electron chi connectivity index (χ3n) is 4.05. The van der Waals surface area contributed by atoms with E-state index in [1.165, 1.54) is 13.1 Å². The lowest BCUT2D eigenvalue weighted by molar-refractivity contribution is -0.0288. The Hall–Kier alpha value is -2.43. The van der Waals surface area contributed by atoms with Gasteiger partial charge in [-0.25, -0.2) is 14.2 Å². The van der Waals surface area contributed by atoms with E-state index in [2.05, 4.69) is 15.0 Å². The Morgan fingerprint density at radius 1 is 1.41 bits per heavy atom. The van der Waals surface area contributed by atoms with Gasteiger partial charge in [0.2, 0.25) is 0 Å². The number of H-pyrrole nitrogens is 1. The number of aryl methyl sites for hydroxylation is 1. The summed E-state index contributed by atoms with van der Waals surface area (Å²) >= 11 is 0. The largest absolute Gasteiger partial charge is 0.454 e. The number of rotatable bonds is 9. The lowest BCUT2D eigenvalue weighted by Crippen LogP contribution is -2.33. The summed E-state index contributed by atoms with van der Waals surface area (Å²) in [5.74, 6) is 0. The molecule has 1 aromatic heterocycles. The molecule has 0 spiro atoms. The normalized spacial score (nSPS) is 21.6. The lowest BCUT2D eigenvalue weighted by Gasteiger charge is -2.19. The Labute approximate surface area is 165 Å². The van der Waals surface area contributed by atoms with Gasteiger partial charge in [0.15, 0.2) is 0 Å². The second kappa shape index (κ2) is 9.86. The van der Waals surface area contributed by atoms with Crippen LogP contribution in [0.15, 0.2) is 20.9 Å². The lowest BCUT2D eigenvalue weighted by atomic mass is 10.1. The van der Waals surface area contributed by atoms with Crippen LogP contribution in [0.5, 0.6) is 0 Å². The van der Waals surface area contributed by atoms with Gasteiger partial charge in [-0.05, 0) is 26.3 Å². The minimum atomic E-state index is -4.11. The summed E-state index contributed by atoms with van der Waals surface area (Å²) in [6.45, 7) is 4.16. The molecule has 0 aliphatic carbocycles. The van der Waals surface area contributed by atoms with Gasteiger partial charge in [-0.2, -0.15) is 0 Å². The van der Waals surface area contributed by atoms with E-state index in [0.717, 1.165) is 4.57 Å². The van der Waals surface area contributed by atoms with Crippen molar-refractivity contribution < 1.29 is 27.9 Å². The molecule has 0 radical (unpaired) electrons. The van der Waals surface area contributed by atoms with Gasteiger partial charge in [0.25, 0.3) is 5.56 Å². The average molecular weight is 431 g/mol. The first-order valence-electron chi connectivity index (χ1n) is 8.83. The van der Waals surface area contributed by atoms with Crippen molar-refractivity contribution in [2.24, 2.45) is 5.11 Å². The van der Waals surface area contributed by atoms with Crippen LogP contribution in [-0.2, 0) is 23.1 Å². The zero-order valence-electron chi connectivity index (χ0n) is 16.1. The predicted octanol–water partition coefficient (Wildman–Crippen LogP) is 2.21. The second-order valence-electron chi connectivity index (χ2n) is 6.03. The molecule has 3 atom stereocenters. The number of aromatic amines is 1. The van der Waals surface area contributed by atoms with Crippen molar-refractivity contribution in [2.75, 3.05) is 19.8 Å². The Balaban J connectivity index is 2.16. The van der Waals surface area contributed by atoms with E-state index in [9.17, 15) is 18.9 Å². The summed E-state index contributed by atoms with van der Waals surface area (Å²) in [4.78, 5) is 40.7. The van der Waals surface area contributed by atoms with E-state index < -0.39 is 49.5 Å². The molecule has 2 rings (SSSR count). The number of aromatic nitrogens is 2. The Kier molecular flexibility index (Phi) is 7.77. The molecule has 1 fully saturated rings. The molecule has 14 heteroatoms. The summed E-state index contributed by atoms with van der Waals surface area (Å²) in [7, 11) is -4.11. The number of carbonyl (C=O) groups is 1. The molecule has 1 N–H and O–H groups in total. The predicted molar refractivity (Wildman–Crippen MR) is 99.7 cm³/mol. The maximum Gasteiger partial charge on any atom is 0.438 e. The molecule has 0 amide bonds. The molecule has 160 valence electrons. The van der Waals surface area contributed by atoms with Gasteiger partial charge in [0.1, 0.15) is 18.9 Å². The van der Waals surface area contributed by atoms with Gasteiger partial charge in [-0.15, -0.1) is 0 Å². The molecule has 1 aliphatic rings. The maximum absolute atomic E-state index is 12.4. The highest BCUT2D eigenvalue weighted by molar-refractivity contribution is 7.71. The van der Waals surface area contributed by atoms with Crippen LogP contribution in [0.1, 0.15) is 32.1 Å². The van der Waals surface area contributed by atoms with Gasteiger partial charge in [-0.3, -0.25) is 14.3 Å². The van der Waals surface area contributed by atoms with Crippen molar-refractivity contribution in [3.8, 4) is 0 Å². The highest BCUT2D eigenvalue weighted by Crippen LogP contribution is 2.50. The fourth-order valence-electron chi connectivity index (χ4n) is 2.74. The van der Waals surface area contributed by atoms with E-state index in [4.69, 9.17) is 24.1 Å². The Morgan fingerprint density at radius 3 is 2.66 bits per heavy atom. The molecule has 3 unspecified atom stereocenters. The Morgan fingerprint density at radius 2 is 2.07 bits per heavy atom. The number of ether oxygens (including phenoxy) is 2. The number of carbonyl (C=O) groups excluding carboxylic acids is 1. The van der Waals surface area contributed by atoms with Crippen LogP contribution in [0.3, 0.4) is 0 Å². The second-order valence-corrected chi connectivity index (χ2v) is 7.90. The van der Waals surface area contributed by atoms with Gasteiger partial charge < -0.3 is 18.5 Å². The molecule has 1 aromatic rings. The molecule has 1 aliphatic heterocycles. The molecular formula is C15H22N5O8P. The van der Waals surface area contributed by atoms with Crippen LogP contribution < -0.4 is 11.2 Å². The standard InChI is InChI=1S/C15H22N5O8P/c1-4-26-29(24,27-5-2)15(23)25-8-11-10(18-19-16)6-12(28-11)20-7-9(3)13(21)17-14(20)22/h7,10-12H,4-6,8H2,1-3H3,(H,17,21,22). The number of nitrogens with zero attached hydrogens (tertiary/aromatic N) is 4. The van der Waals surface area contributed by atoms with Crippen molar-refractivity contribution >= 4 is 13.3 Å². The molecule has 29 heavy (non-hydrogen) atoms. The number of azide groups is 1. The first-order chi connectivity index (χ1) is 13.8. The van der Waals surface area contributed by atoms with Gasteiger partial charge in [0, 0.05) is 23.1 Å². The maximum atomic E-state index is 12.4. The summed E-state index contributed by atoms with van der Waals surface area (Å²) in [6.07, 6.45) is -0.337. The molecule has 0 bridgehead atoms. The fraction of sp³-hybridized carbons (Fsp3) is 0.667. The van der Waals surface area contributed by atoms with E-state index in [0.29, 0.717) is 0 Å². The number of nitrogens with one attached hydrogen (secondary N) is 1. The van der Waals surface area contributed by atoms with Crippen LogP contribution in [0.2, 0.25) is 0 Å². The summed E-state index contributed by atoms with van der Waals surface area (Å²) < 4.78 is 34.1. The molecule has 0 saturated carbocycles. The third kappa shape index (κ3) is 5.34. The van der Waals surface area contributed by atoms with E-state index in [1.807, 2.05) is 0 Å². The summed E-state index contributed by atoms with van der Waals surface area (Å²) in [5.41, 5.74) is 6.66. The van der Waals surface area contributed by atoms with E-state index in [1.54, 1.807) is 13.8 Å². The van der Waals surface area contributed by atoms with Gasteiger partial charge in [-0.1, -0.05) is 5.11 Å².